The molecule has 0 aliphatic heterocycles. The largest absolute Gasteiger partial charge is 0.361 e. The third-order valence-corrected chi connectivity index (χ3v) is 3.49. The molecule has 0 bridgehead atoms. The second kappa shape index (κ2) is 4.26. The smallest absolute Gasteiger partial charge is 0.0613 e. The van der Waals surface area contributed by atoms with Crippen molar-refractivity contribution in [2.45, 2.75) is 13.0 Å². The first-order chi connectivity index (χ1) is 7.50. The molecule has 0 aliphatic rings. The first kappa shape index (κ1) is 11.7. The van der Waals surface area contributed by atoms with Crippen LogP contribution in [0.25, 0.3) is 10.9 Å². The van der Waals surface area contributed by atoms with Crippen molar-refractivity contribution in [3.8, 4) is 0 Å². The van der Waals surface area contributed by atoms with E-state index in [2.05, 4.69) is 4.98 Å². The van der Waals surface area contributed by atoms with E-state index in [1.165, 1.54) is 0 Å². The molecule has 3 nitrogen and oxygen atoms in total. The van der Waals surface area contributed by atoms with Gasteiger partial charge in [0.05, 0.1) is 16.1 Å². The van der Waals surface area contributed by atoms with Gasteiger partial charge in [0.1, 0.15) is 0 Å². The number of H-pyrrole nitrogens is 1. The lowest BCUT2D eigenvalue weighted by Gasteiger charge is -2.17. The standard InChI is InChI=1S/C11H12Cl2N2O/c1-6(15(2)16)8-5-14-11-4-10(13)9(12)3-7(8)11/h3-6,14,16H,1-2H3. The molecule has 0 amide bonds. The van der Waals surface area contributed by atoms with Gasteiger partial charge >= 0.3 is 0 Å². The zero-order chi connectivity index (χ0) is 11.9. The molecule has 86 valence electrons. The molecule has 1 unspecified atom stereocenters. The highest BCUT2D eigenvalue weighted by atomic mass is 35.5. The summed E-state index contributed by atoms with van der Waals surface area (Å²) in [4.78, 5) is 3.11. The summed E-state index contributed by atoms with van der Waals surface area (Å²) < 4.78 is 0. The Balaban J connectivity index is 2.60. The third-order valence-electron chi connectivity index (χ3n) is 2.77. The van der Waals surface area contributed by atoms with Crippen LogP contribution in [-0.2, 0) is 0 Å². The Labute approximate surface area is 104 Å². The van der Waals surface area contributed by atoms with Crippen LogP contribution >= 0.6 is 23.2 Å². The van der Waals surface area contributed by atoms with Crippen LogP contribution in [0, 0.1) is 0 Å². The molecule has 2 N–H and O–H groups in total. The first-order valence-corrected chi connectivity index (χ1v) is 5.64. The summed E-state index contributed by atoms with van der Waals surface area (Å²) >= 11 is 11.9. The summed E-state index contributed by atoms with van der Waals surface area (Å²) in [5.41, 5.74) is 1.90. The van der Waals surface area contributed by atoms with Crippen molar-refractivity contribution >= 4 is 34.1 Å². The fourth-order valence-corrected chi connectivity index (χ4v) is 2.01. The topological polar surface area (TPSA) is 39.3 Å². The summed E-state index contributed by atoms with van der Waals surface area (Å²) in [7, 11) is 1.61. The average Bonchev–Trinajstić information content (AvgIpc) is 2.60. The number of hydrogen-bond donors (Lipinski definition) is 2. The minimum atomic E-state index is -0.106. The second-order valence-corrected chi connectivity index (χ2v) is 4.62. The van der Waals surface area contributed by atoms with E-state index in [1.54, 1.807) is 13.1 Å². The van der Waals surface area contributed by atoms with Crippen LogP contribution in [0.2, 0.25) is 10.0 Å². The van der Waals surface area contributed by atoms with Crippen LogP contribution in [0.3, 0.4) is 0 Å². The Morgan fingerprint density at radius 2 is 1.94 bits per heavy atom. The van der Waals surface area contributed by atoms with Gasteiger partial charge in [0.25, 0.3) is 0 Å². The Morgan fingerprint density at radius 3 is 2.56 bits per heavy atom. The summed E-state index contributed by atoms with van der Waals surface area (Å²) in [5, 5.41) is 12.6. The van der Waals surface area contributed by atoms with Crippen LogP contribution in [0.15, 0.2) is 18.3 Å². The minimum absolute atomic E-state index is 0.106. The monoisotopic (exact) mass is 258 g/mol. The molecule has 1 aromatic carbocycles. The number of aromatic nitrogens is 1. The molecular formula is C11H12Cl2N2O. The van der Waals surface area contributed by atoms with Gasteiger partial charge in [-0.2, -0.15) is 5.06 Å². The number of fused-ring (bicyclic) bond motifs is 1. The van der Waals surface area contributed by atoms with Gasteiger partial charge in [-0.3, -0.25) is 0 Å². The Hall–Kier alpha value is -0.740. The molecule has 0 aliphatic carbocycles. The average molecular weight is 259 g/mol. The lowest BCUT2D eigenvalue weighted by molar-refractivity contribution is -0.0980. The molecule has 2 aromatic rings. The molecular weight excluding hydrogens is 247 g/mol. The molecule has 0 spiro atoms. The predicted octanol–water partition coefficient (Wildman–Crippen LogP) is 3.86. The Bertz CT molecular complexity index is 522. The number of benzene rings is 1. The maximum absolute atomic E-state index is 9.44. The van der Waals surface area contributed by atoms with Gasteiger partial charge in [0.2, 0.25) is 0 Å². The lowest BCUT2D eigenvalue weighted by Crippen LogP contribution is -2.17. The van der Waals surface area contributed by atoms with Gasteiger partial charge in [-0.25, -0.2) is 0 Å². The molecule has 5 heteroatoms. The van der Waals surface area contributed by atoms with Crippen LogP contribution in [0.1, 0.15) is 18.5 Å². The minimum Gasteiger partial charge on any atom is -0.361 e. The van der Waals surface area contributed by atoms with E-state index in [0.29, 0.717) is 10.0 Å². The highest BCUT2D eigenvalue weighted by molar-refractivity contribution is 6.42. The van der Waals surface area contributed by atoms with Gasteiger partial charge in [-0.15, -0.1) is 0 Å². The molecule has 1 aromatic heterocycles. The van der Waals surface area contributed by atoms with Crippen LogP contribution < -0.4 is 0 Å². The van der Waals surface area contributed by atoms with Crippen molar-refractivity contribution in [1.82, 2.24) is 10.0 Å². The number of aromatic amines is 1. The van der Waals surface area contributed by atoms with Crippen molar-refractivity contribution in [3.05, 3.63) is 33.9 Å². The molecule has 16 heavy (non-hydrogen) atoms. The van der Waals surface area contributed by atoms with Crippen molar-refractivity contribution < 1.29 is 5.21 Å². The number of hydroxylamine groups is 2. The summed E-state index contributed by atoms with van der Waals surface area (Å²) in [6.45, 7) is 1.91. The van der Waals surface area contributed by atoms with E-state index >= 15 is 0 Å². The summed E-state index contributed by atoms with van der Waals surface area (Å²) in [6, 6.07) is 3.49. The molecule has 0 saturated carbocycles. The Kier molecular flexibility index (Phi) is 3.13. The molecule has 1 heterocycles. The highest BCUT2D eigenvalue weighted by Gasteiger charge is 2.15. The zero-order valence-corrected chi connectivity index (χ0v) is 10.5. The zero-order valence-electron chi connectivity index (χ0n) is 8.96. The van der Waals surface area contributed by atoms with Crippen molar-refractivity contribution in [2.75, 3.05) is 7.05 Å². The van der Waals surface area contributed by atoms with Crippen molar-refractivity contribution in [1.29, 1.82) is 0 Å². The number of nitrogens with zero attached hydrogens (tertiary/aromatic N) is 1. The number of rotatable bonds is 2. The van der Waals surface area contributed by atoms with Crippen molar-refractivity contribution in [3.63, 3.8) is 0 Å². The first-order valence-electron chi connectivity index (χ1n) is 4.88. The molecule has 0 saturated heterocycles. The van der Waals surface area contributed by atoms with Gasteiger partial charge < -0.3 is 10.2 Å². The van der Waals surface area contributed by atoms with Gasteiger partial charge in [-0.05, 0) is 24.6 Å². The third kappa shape index (κ3) is 1.92. The van der Waals surface area contributed by atoms with E-state index < -0.39 is 0 Å². The second-order valence-electron chi connectivity index (χ2n) is 3.81. The van der Waals surface area contributed by atoms with Crippen LogP contribution in [-0.4, -0.2) is 22.3 Å². The normalized spacial score (nSPS) is 13.6. The molecule has 2 rings (SSSR count). The SMILES string of the molecule is CC(c1c[nH]c2cc(Cl)c(Cl)cc12)N(C)O. The van der Waals surface area contributed by atoms with E-state index in [1.807, 2.05) is 19.2 Å². The van der Waals surface area contributed by atoms with E-state index in [4.69, 9.17) is 23.2 Å². The van der Waals surface area contributed by atoms with Crippen LogP contribution in [0.5, 0.6) is 0 Å². The number of hydrogen-bond acceptors (Lipinski definition) is 2. The molecule has 1 atom stereocenters. The van der Waals surface area contributed by atoms with Gasteiger partial charge in [0.15, 0.2) is 0 Å². The number of halogens is 2. The van der Waals surface area contributed by atoms with Gasteiger partial charge in [0, 0.05) is 24.1 Å². The maximum Gasteiger partial charge on any atom is 0.0613 e. The fraction of sp³-hybridized carbons (Fsp3) is 0.273. The number of nitrogens with one attached hydrogen (secondary N) is 1. The quantitative estimate of drug-likeness (QED) is 0.804. The predicted molar refractivity (Wildman–Crippen MR) is 66.3 cm³/mol. The van der Waals surface area contributed by atoms with Crippen molar-refractivity contribution in [2.24, 2.45) is 0 Å². The summed E-state index contributed by atoms with van der Waals surface area (Å²) in [6.07, 6.45) is 1.86. The molecule has 0 radical (unpaired) electrons. The lowest BCUT2D eigenvalue weighted by atomic mass is 10.1. The maximum atomic E-state index is 9.44. The van der Waals surface area contributed by atoms with Gasteiger partial charge in [-0.1, -0.05) is 23.2 Å². The van der Waals surface area contributed by atoms with E-state index in [-0.39, 0.29) is 6.04 Å². The molecule has 0 fully saturated rings. The van der Waals surface area contributed by atoms with Crippen LogP contribution in [0.4, 0.5) is 0 Å². The summed E-state index contributed by atoms with van der Waals surface area (Å²) in [5.74, 6) is 0. The Morgan fingerprint density at radius 1 is 1.31 bits per heavy atom. The van der Waals surface area contributed by atoms with E-state index in [9.17, 15) is 5.21 Å². The fourth-order valence-electron chi connectivity index (χ4n) is 1.69. The highest BCUT2D eigenvalue weighted by Crippen LogP contribution is 2.32. The van der Waals surface area contributed by atoms with E-state index in [0.717, 1.165) is 21.5 Å².